The monoisotopic (exact) mass is 314 g/mol. The lowest BCUT2D eigenvalue weighted by molar-refractivity contribution is 0.235. The smallest absolute Gasteiger partial charge is 0.225 e. The summed E-state index contributed by atoms with van der Waals surface area (Å²) in [6, 6.07) is 2.35. The number of rotatable bonds is 4. The molecule has 122 valence electrons. The van der Waals surface area contributed by atoms with Crippen LogP contribution in [0.1, 0.15) is 37.5 Å². The third-order valence-corrected chi connectivity index (χ3v) is 4.80. The molecule has 0 atom stereocenters. The van der Waals surface area contributed by atoms with E-state index in [4.69, 9.17) is 0 Å². The average Bonchev–Trinajstić information content (AvgIpc) is 3.27. The van der Waals surface area contributed by atoms with E-state index < -0.39 is 0 Å². The van der Waals surface area contributed by atoms with Crippen molar-refractivity contribution in [3.05, 3.63) is 24.3 Å². The first-order valence-corrected chi connectivity index (χ1v) is 8.41. The Hall–Kier alpha value is -2.09. The minimum Gasteiger partial charge on any atom is -0.338 e. The third kappa shape index (κ3) is 3.17. The van der Waals surface area contributed by atoms with Crippen molar-refractivity contribution in [3.63, 3.8) is 0 Å². The maximum atomic E-state index is 4.33. The van der Waals surface area contributed by atoms with Crippen LogP contribution in [0.2, 0.25) is 0 Å². The van der Waals surface area contributed by atoms with Crippen molar-refractivity contribution < 1.29 is 0 Å². The van der Waals surface area contributed by atoms with E-state index >= 15 is 0 Å². The predicted molar refractivity (Wildman–Crippen MR) is 84.8 cm³/mol. The van der Waals surface area contributed by atoms with Crippen molar-refractivity contribution in [3.8, 4) is 0 Å². The zero-order valence-corrected chi connectivity index (χ0v) is 13.3. The van der Waals surface area contributed by atoms with Gasteiger partial charge in [0.15, 0.2) is 5.82 Å². The lowest BCUT2D eigenvalue weighted by Gasteiger charge is -2.34. The molecule has 0 unspecified atom stereocenters. The zero-order chi connectivity index (χ0) is 15.5. The van der Waals surface area contributed by atoms with Crippen LogP contribution in [0, 0.1) is 0 Å². The van der Waals surface area contributed by atoms with Gasteiger partial charge >= 0.3 is 0 Å². The standard InChI is InChI=1S/C15H22N8/c1-2-5-13(4-1)23-14(18-19-20-23)12-21-8-10-22(11-9-21)15-16-6-3-7-17-15/h3,6-7,13H,1-2,4-5,8-12H2. The second-order valence-corrected chi connectivity index (χ2v) is 6.29. The molecular weight excluding hydrogens is 292 g/mol. The summed E-state index contributed by atoms with van der Waals surface area (Å²) in [7, 11) is 0. The lowest BCUT2D eigenvalue weighted by Crippen LogP contribution is -2.46. The van der Waals surface area contributed by atoms with Crippen LogP contribution in [0.4, 0.5) is 5.95 Å². The highest BCUT2D eigenvalue weighted by atomic mass is 15.6. The van der Waals surface area contributed by atoms with E-state index in [0.29, 0.717) is 6.04 Å². The van der Waals surface area contributed by atoms with E-state index in [0.717, 1.165) is 44.5 Å². The fourth-order valence-corrected chi connectivity index (χ4v) is 3.51. The fourth-order valence-electron chi connectivity index (χ4n) is 3.51. The Bertz CT molecular complexity index is 613. The maximum Gasteiger partial charge on any atom is 0.225 e. The van der Waals surface area contributed by atoms with Crippen molar-refractivity contribution in [2.24, 2.45) is 0 Å². The normalized spacial score (nSPS) is 20.3. The summed E-state index contributed by atoms with van der Waals surface area (Å²) in [6.07, 6.45) is 8.59. The van der Waals surface area contributed by atoms with E-state index in [1.165, 1.54) is 25.7 Å². The van der Waals surface area contributed by atoms with Gasteiger partial charge in [-0.05, 0) is 29.3 Å². The molecule has 8 heteroatoms. The Morgan fingerprint density at radius 1 is 1.00 bits per heavy atom. The van der Waals surface area contributed by atoms with Gasteiger partial charge in [0.1, 0.15) is 0 Å². The first-order chi connectivity index (χ1) is 11.4. The van der Waals surface area contributed by atoms with Gasteiger partial charge in [-0.25, -0.2) is 14.6 Å². The highest BCUT2D eigenvalue weighted by Crippen LogP contribution is 2.29. The van der Waals surface area contributed by atoms with Gasteiger partial charge in [0, 0.05) is 38.6 Å². The molecule has 1 saturated carbocycles. The van der Waals surface area contributed by atoms with Crippen LogP contribution < -0.4 is 4.90 Å². The predicted octanol–water partition coefficient (Wildman–Crippen LogP) is 0.900. The van der Waals surface area contributed by atoms with Crippen molar-refractivity contribution >= 4 is 5.95 Å². The Balaban J connectivity index is 1.36. The fraction of sp³-hybridized carbons (Fsp3) is 0.667. The van der Waals surface area contributed by atoms with E-state index in [1.807, 2.05) is 6.07 Å². The summed E-state index contributed by atoms with van der Waals surface area (Å²) in [5.74, 6) is 1.82. The van der Waals surface area contributed by atoms with Gasteiger partial charge in [-0.15, -0.1) is 5.10 Å². The number of aromatic nitrogens is 6. The molecular formula is C15H22N8. The Morgan fingerprint density at radius 2 is 1.74 bits per heavy atom. The van der Waals surface area contributed by atoms with Crippen LogP contribution in [0.25, 0.3) is 0 Å². The first-order valence-electron chi connectivity index (χ1n) is 8.41. The SMILES string of the molecule is c1cnc(N2CCN(Cc3nnnn3C3CCCC3)CC2)nc1. The molecule has 1 aliphatic heterocycles. The molecule has 0 amide bonds. The molecule has 0 N–H and O–H groups in total. The molecule has 4 rings (SSSR count). The van der Waals surface area contributed by atoms with Gasteiger partial charge in [0.2, 0.25) is 5.95 Å². The summed E-state index contributed by atoms with van der Waals surface area (Å²) in [4.78, 5) is 13.3. The molecule has 2 aliphatic rings. The topological polar surface area (TPSA) is 75.9 Å². The van der Waals surface area contributed by atoms with E-state index in [1.54, 1.807) is 12.4 Å². The zero-order valence-electron chi connectivity index (χ0n) is 13.3. The molecule has 0 radical (unpaired) electrons. The molecule has 2 aromatic heterocycles. The minimum absolute atomic E-state index is 0.499. The summed E-state index contributed by atoms with van der Waals surface area (Å²) >= 11 is 0. The molecule has 3 heterocycles. The highest BCUT2D eigenvalue weighted by molar-refractivity contribution is 5.29. The van der Waals surface area contributed by atoms with Crippen LogP contribution in [-0.2, 0) is 6.54 Å². The molecule has 1 saturated heterocycles. The van der Waals surface area contributed by atoms with E-state index in [9.17, 15) is 0 Å². The number of anilines is 1. The molecule has 1 aliphatic carbocycles. The van der Waals surface area contributed by atoms with E-state index in [2.05, 4.69) is 40.0 Å². The van der Waals surface area contributed by atoms with Gasteiger partial charge in [0.05, 0.1) is 12.6 Å². The van der Waals surface area contributed by atoms with Crippen molar-refractivity contribution in [1.29, 1.82) is 0 Å². The van der Waals surface area contributed by atoms with Crippen LogP contribution in [0.3, 0.4) is 0 Å². The summed E-state index contributed by atoms with van der Waals surface area (Å²) in [6.45, 7) is 4.67. The molecule has 2 aromatic rings. The largest absolute Gasteiger partial charge is 0.338 e. The lowest BCUT2D eigenvalue weighted by atomic mass is 10.2. The Kier molecular flexibility index (Phi) is 4.14. The molecule has 8 nitrogen and oxygen atoms in total. The second kappa shape index (κ2) is 6.57. The van der Waals surface area contributed by atoms with Crippen molar-refractivity contribution in [2.75, 3.05) is 31.1 Å². The molecule has 0 spiro atoms. The maximum absolute atomic E-state index is 4.33. The summed E-state index contributed by atoms with van der Waals surface area (Å²) in [5, 5.41) is 12.4. The van der Waals surface area contributed by atoms with E-state index in [-0.39, 0.29) is 0 Å². The highest BCUT2D eigenvalue weighted by Gasteiger charge is 2.24. The number of nitrogens with zero attached hydrogens (tertiary/aromatic N) is 8. The van der Waals surface area contributed by atoms with Crippen LogP contribution >= 0.6 is 0 Å². The van der Waals surface area contributed by atoms with Crippen LogP contribution in [0.5, 0.6) is 0 Å². The Labute approximate surface area is 135 Å². The minimum atomic E-state index is 0.499. The third-order valence-electron chi connectivity index (χ3n) is 4.80. The van der Waals surface area contributed by atoms with Gasteiger partial charge in [-0.1, -0.05) is 12.8 Å². The van der Waals surface area contributed by atoms with Crippen LogP contribution in [0.15, 0.2) is 18.5 Å². The van der Waals surface area contributed by atoms with Gasteiger partial charge in [-0.2, -0.15) is 0 Å². The van der Waals surface area contributed by atoms with Gasteiger partial charge in [0.25, 0.3) is 0 Å². The first kappa shape index (κ1) is 14.5. The quantitative estimate of drug-likeness (QED) is 0.830. The number of tetrazole rings is 1. The molecule has 2 fully saturated rings. The number of piperazine rings is 1. The van der Waals surface area contributed by atoms with Crippen molar-refractivity contribution in [2.45, 2.75) is 38.3 Å². The summed E-state index contributed by atoms with van der Waals surface area (Å²) in [5.41, 5.74) is 0. The van der Waals surface area contributed by atoms with Crippen molar-refractivity contribution in [1.82, 2.24) is 35.1 Å². The number of hydrogen-bond donors (Lipinski definition) is 0. The molecule has 0 aromatic carbocycles. The number of hydrogen-bond acceptors (Lipinski definition) is 7. The molecule has 0 bridgehead atoms. The molecule has 23 heavy (non-hydrogen) atoms. The van der Waals surface area contributed by atoms with Gasteiger partial charge < -0.3 is 4.90 Å². The van der Waals surface area contributed by atoms with Gasteiger partial charge in [-0.3, -0.25) is 4.90 Å². The summed E-state index contributed by atoms with van der Waals surface area (Å²) < 4.78 is 2.06. The van der Waals surface area contributed by atoms with Crippen LogP contribution in [-0.4, -0.2) is 61.3 Å². The second-order valence-electron chi connectivity index (χ2n) is 6.29. The Morgan fingerprint density at radius 3 is 2.48 bits per heavy atom. The average molecular weight is 314 g/mol.